The van der Waals surface area contributed by atoms with Gasteiger partial charge in [-0.25, -0.2) is 4.79 Å². The van der Waals surface area contributed by atoms with E-state index in [1.165, 1.54) is 0 Å². The van der Waals surface area contributed by atoms with E-state index in [2.05, 4.69) is 10.6 Å². The summed E-state index contributed by atoms with van der Waals surface area (Å²) >= 11 is 3.16. The second kappa shape index (κ2) is 7.94. The topological polar surface area (TPSA) is 78.5 Å². The van der Waals surface area contributed by atoms with Crippen molar-refractivity contribution in [2.24, 2.45) is 0 Å². The van der Waals surface area contributed by atoms with Gasteiger partial charge in [-0.2, -0.15) is 0 Å². The smallest absolute Gasteiger partial charge is 0.325 e. The molecule has 2 atom stereocenters. The van der Waals surface area contributed by atoms with Gasteiger partial charge in [0.1, 0.15) is 12.1 Å². The van der Waals surface area contributed by atoms with Crippen LogP contribution in [0.3, 0.4) is 0 Å². The molecule has 3 aromatic rings. The fourth-order valence-electron chi connectivity index (χ4n) is 4.45. The van der Waals surface area contributed by atoms with E-state index in [1.807, 2.05) is 59.3 Å². The molecule has 0 unspecified atom stereocenters. The summed E-state index contributed by atoms with van der Waals surface area (Å²) in [7, 11) is 0. The van der Waals surface area contributed by atoms with Crippen LogP contribution in [0.1, 0.15) is 39.8 Å². The molecule has 158 valence electrons. The lowest BCUT2D eigenvalue weighted by Gasteiger charge is -2.31. The Kier molecular flexibility index (Phi) is 5.11. The van der Waals surface area contributed by atoms with Gasteiger partial charge in [0.25, 0.3) is 5.91 Å². The summed E-state index contributed by atoms with van der Waals surface area (Å²) in [5.74, 6) is -0.705. The minimum Gasteiger partial charge on any atom is -0.343 e. The fourth-order valence-corrected chi connectivity index (χ4v) is 6.26. The van der Waals surface area contributed by atoms with Crippen LogP contribution < -0.4 is 10.6 Å². The second-order valence-electron chi connectivity index (χ2n) is 7.76. The van der Waals surface area contributed by atoms with Gasteiger partial charge in [0.15, 0.2) is 0 Å². The number of nitrogens with zero attached hydrogens (tertiary/aromatic N) is 1. The maximum Gasteiger partial charge on any atom is 0.325 e. The monoisotopic (exact) mass is 451 g/mol. The molecule has 0 radical (unpaired) electrons. The SMILES string of the molecule is O=C(CN1C(=O)N[C@@]2(CCCc3sccc32)C1=O)N[C@H](c1ccccc1)c1cccs1. The van der Waals surface area contributed by atoms with Gasteiger partial charge < -0.3 is 10.6 Å². The lowest BCUT2D eigenvalue weighted by Crippen LogP contribution is -2.47. The normalized spacial score (nSPS) is 21.1. The first-order valence-corrected chi connectivity index (χ1v) is 11.9. The van der Waals surface area contributed by atoms with Crippen LogP contribution in [0.25, 0.3) is 0 Å². The Hall–Kier alpha value is -2.97. The summed E-state index contributed by atoms with van der Waals surface area (Å²) in [4.78, 5) is 42.2. The molecule has 3 heterocycles. The number of nitrogens with one attached hydrogen (secondary N) is 2. The Morgan fingerprint density at radius 1 is 1.10 bits per heavy atom. The molecule has 0 bridgehead atoms. The molecule has 31 heavy (non-hydrogen) atoms. The van der Waals surface area contributed by atoms with Crippen molar-refractivity contribution in [3.63, 3.8) is 0 Å². The predicted octanol–water partition coefficient (Wildman–Crippen LogP) is 3.80. The van der Waals surface area contributed by atoms with E-state index in [0.29, 0.717) is 6.42 Å². The van der Waals surface area contributed by atoms with Gasteiger partial charge in [-0.1, -0.05) is 36.4 Å². The first-order chi connectivity index (χ1) is 15.1. The number of rotatable bonds is 5. The van der Waals surface area contributed by atoms with Gasteiger partial charge in [0, 0.05) is 15.3 Å². The number of hydrogen-bond donors (Lipinski definition) is 2. The summed E-state index contributed by atoms with van der Waals surface area (Å²) in [6, 6.07) is 14.6. The van der Waals surface area contributed by atoms with Crippen LogP contribution in [0.2, 0.25) is 0 Å². The van der Waals surface area contributed by atoms with Crippen molar-refractivity contribution in [1.82, 2.24) is 15.5 Å². The zero-order valence-corrected chi connectivity index (χ0v) is 18.3. The first-order valence-electron chi connectivity index (χ1n) is 10.2. The number of hydrogen-bond acceptors (Lipinski definition) is 5. The van der Waals surface area contributed by atoms with Crippen molar-refractivity contribution < 1.29 is 14.4 Å². The minimum absolute atomic E-state index is 0.305. The molecule has 5 rings (SSSR count). The predicted molar refractivity (Wildman–Crippen MR) is 120 cm³/mol. The molecule has 1 aliphatic heterocycles. The average molecular weight is 452 g/mol. The fraction of sp³-hybridized carbons (Fsp3) is 0.261. The third-order valence-electron chi connectivity index (χ3n) is 5.90. The summed E-state index contributed by atoms with van der Waals surface area (Å²) in [6.07, 6.45) is 2.30. The van der Waals surface area contributed by atoms with Crippen molar-refractivity contribution in [2.75, 3.05) is 6.54 Å². The molecule has 1 saturated heterocycles. The van der Waals surface area contributed by atoms with Crippen LogP contribution in [0.4, 0.5) is 4.79 Å². The molecule has 1 fully saturated rings. The maximum atomic E-state index is 13.3. The third-order valence-corrected chi connectivity index (χ3v) is 7.82. The molecule has 2 N–H and O–H groups in total. The van der Waals surface area contributed by atoms with E-state index < -0.39 is 11.6 Å². The van der Waals surface area contributed by atoms with Crippen LogP contribution in [-0.4, -0.2) is 29.3 Å². The molecule has 2 aromatic heterocycles. The zero-order valence-electron chi connectivity index (χ0n) is 16.7. The number of amides is 4. The van der Waals surface area contributed by atoms with E-state index in [1.54, 1.807) is 22.7 Å². The quantitative estimate of drug-likeness (QED) is 0.579. The number of benzene rings is 1. The highest BCUT2D eigenvalue weighted by Gasteiger charge is 2.54. The molecule has 2 aliphatic rings. The van der Waals surface area contributed by atoms with Crippen molar-refractivity contribution in [2.45, 2.75) is 30.8 Å². The highest BCUT2D eigenvalue weighted by molar-refractivity contribution is 7.10. The summed E-state index contributed by atoms with van der Waals surface area (Å²) < 4.78 is 0. The number of carbonyl (C=O) groups is 3. The molecule has 0 saturated carbocycles. The van der Waals surface area contributed by atoms with Crippen molar-refractivity contribution in [3.05, 3.63) is 80.2 Å². The Morgan fingerprint density at radius 2 is 1.94 bits per heavy atom. The molecular formula is C23H21N3O3S2. The Bertz CT molecular complexity index is 1130. The van der Waals surface area contributed by atoms with E-state index in [-0.39, 0.29) is 24.4 Å². The molecule has 1 spiro atoms. The molecule has 8 heteroatoms. The number of thiophene rings is 2. The highest BCUT2D eigenvalue weighted by Crippen LogP contribution is 2.42. The average Bonchev–Trinajstić information content (AvgIpc) is 3.52. The van der Waals surface area contributed by atoms with Gasteiger partial charge in [0.2, 0.25) is 5.91 Å². The number of urea groups is 1. The highest BCUT2D eigenvalue weighted by atomic mass is 32.1. The Balaban J connectivity index is 1.36. The lowest BCUT2D eigenvalue weighted by atomic mass is 9.80. The summed E-state index contributed by atoms with van der Waals surface area (Å²) in [6.45, 7) is -0.305. The van der Waals surface area contributed by atoms with Crippen molar-refractivity contribution >= 4 is 40.5 Å². The zero-order chi connectivity index (χ0) is 21.4. The number of carbonyl (C=O) groups excluding carboxylic acids is 3. The maximum absolute atomic E-state index is 13.3. The Morgan fingerprint density at radius 3 is 2.71 bits per heavy atom. The molecule has 6 nitrogen and oxygen atoms in total. The number of aryl methyl sites for hydroxylation is 1. The Labute approximate surface area is 187 Å². The van der Waals surface area contributed by atoms with Gasteiger partial charge in [0.05, 0.1) is 6.04 Å². The van der Waals surface area contributed by atoms with Gasteiger partial charge in [-0.15, -0.1) is 22.7 Å². The van der Waals surface area contributed by atoms with Crippen molar-refractivity contribution in [1.29, 1.82) is 0 Å². The molecular weight excluding hydrogens is 430 g/mol. The largest absolute Gasteiger partial charge is 0.343 e. The van der Waals surface area contributed by atoms with Gasteiger partial charge in [-0.05, 0) is 47.7 Å². The standard InChI is InChI=1S/C23H21N3O3S2/c27-19(24-20(18-9-5-12-30-18)15-6-2-1-3-7-15)14-26-21(28)23(25-22(26)29)11-4-8-17-16(23)10-13-31-17/h1-3,5-7,9-10,12-13,20H,4,8,11,14H2,(H,24,27)(H,25,29)/t20-,23-/m1/s1. The van der Waals surface area contributed by atoms with Gasteiger partial charge >= 0.3 is 6.03 Å². The summed E-state index contributed by atoms with van der Waals surface area (Å²) in [5.41, 5.74) is 0.797. The van der Waals surface area contributed by atoms with Crippen LogP contribution >= 0.6 is 22.7 Å². The van der Waals surface area contributed by atoms with E-state index >= 15 is 0 Å². The second-order valence-corrected chi connectivity index (χ2v) is 9.74. The molecule has 4 amide bonds. The number of imide groups is 1. The molecule has 1 aromatic carbocycles. The lowest BCUT2D eigenvalue weighted by molar-refractivity contribution is -0.135. The minimum atomic E-state index is -1.03. The third kappa shape index (κ3) is 3.45. The van der Waals surface area contributed by atoms with Crippen LogP contribution in [-0.2, 0) is 21.5 Å². The molecule has 1 aliphatic carbocycles. The van der Waals surface area contributed by atoms with E-state index in [0.717, 1.165) is 38.6 Å². The van der Waals surface area contributed by atoms with E-state index in [4.69, 9.17) is 0 Å². The van der Waals surface area contributed by atoms with Crippen LogP contribution in [0.15, 0.2) is 59.3 Å². The van der Waals surface area contributed by atoms with Crippen molar-refractivity contribution in [3.8, 4) is 0 Å². The summed E-state index contributed by atoms with van der Waals surface area (Å²) in [5, 5.41) is 9.82. The first kappa shape index (κ1) is 20.0. The van der Waals surface area contributed by atoms with Gasteiger partial charge in [-0.3, -0.25) is 14.5 Å². The van der Waals surface area contributed by atoms with E-state index in [9.17, 15) is 14.4 Å². The number of fused-ring (bicyclic) bond motifs is 2. The van der Waals surface area contributed by atoms with Crippen LogP contribution in [0, 0.1) is 0 Å². The van der Waals surface area contributed by atoms with Crippen LogP contribution in [0.5, 0.6) is 0 Å².